The summed E-state index contributed by atoms with van der Waals surface area (Å²) in [6.45, 7) is 12.4. The van der Waals surface area contributed by atoms with Crippen LogP contribution in [0.15, 0.2) is 12.7 Å². The average Bonchev–Trinajstić information content (AvgIpc) is 2.61. The van der Waals surface area contributed by atoms with Gasteiger partial charge >= 0.3 is 0 Å². The first-order valence-electron chi connectivity index (χ1n) is 9.50. The Bertz CT molecular complexity index is 272. The van der Waals surface area contributed by atoms with Crippen molar-refractivity contribution in [1.29, 1.82) is 0 Å². The Kier molecular flexibility index (Phi) is 12.8. The monoisotopic (exact) mass is 328 g/mol. The number of hydrogen-bond donors (Lipinski definition) is 2. The van der Waals surface area contributed by atoms with Crippen LogP contribution in [0.5, 0.6) is 0 Å². The Morgan fingerprint density at radius 1 is 0.826 bits per heavy atom. The van der Waals surface area contributed by atoms with Gasteiger partial charge in [-0.15, -0.1) is 6.58 Å². The number of ether oxygens (including phenoxy) is 1. The zero-order chi connectivity index (χ0) is 17.6. The Morgan fingerprint density at radius 2 is 1.39 bits per heavy atom. The van der Waals surface area contributed by atoms with Crippen molar-refractivity contribution in [3.05, 3.63) is 12.7 Å². The highest BCUT2D eigenvalue weighted by molar-refractivity contribution is 4.93. The molecule has 3 heteroatoms. The molecular formula is C20H40O3. The third kappa shape index (κ3) is 8.32. The van der Waals surface area contributed by atoms with Crippen molar-refractivity contribution in [3.8, 4) is 0 Å². The van der Waals surface area contributed by atoms with E-state index in [1.807, 2.05) is 6.08 Å². The van der Waals surface area contributed by atoms with Crippen molar-refractivity contribution in [3.63, 3.8) is 0 Å². The first kappa shape index (κ1) is 22.6. The Morgan fingerprint density at radius 3 is 1.78 bits per heavy atom. The largest absolute Gasteiger partial charge is 0.396 e. The van der Waals surface area contributed by atoms with Crippen LogP contribution in [0.2, 0.25) is 0 Å². The maximum absolute atomic E-state index is 9.55. The quantitative estimate of drug-likeness (QED) is 0.318. The predicted molar refractivity (Wildman–Crippen MR) is 98.6 cm³/mol. The molecule has 0 aliphatic heterocycles. The standard InChI is InChI=1S/C20H40O3/c1-5-19(6-2,17-21)13-9-11-15-23-16-12-10-14-20(7-3,8-4)18-22/h5,21-22H,1,6-18H2,2-4H3. The lowest BCUT2D eigenvalue weighted by atomic mass is 9.79. The Balaban J connectivity index is 3.66. The van der Waals surface area contributed by atoms with E-state index >= 15 is 0 Å². The molecule has 0 amide bonds. The van der Waals surface area contributed by atoms with Crippen molar-refractivity contribution in [1.82, 2.24) is 0 Å². The second-order valence-electron chi connectivity index (χ2n) is 6.97. The number of unbranched alkanes of at least 4 members (excludes halogenated alkanes) is 2. The van der Waals surface area contributed by atoms with Gasteiger partial charge in [0.1, 0.15) is 0 Å². The van der Waals surface area contributed by atoms with Crippen LogP contribution < -0.4 is 0 Å². The van der Waals surface area contributed by atoms with Crippen LogP contribution in [0, 0.1) is 10.8 Å². The van der Waals surface area contributed by atoms with E-state index in [0.29, 0.717) is 6.61 Å². The van der Waals surface area contributed by atoms with E-state index in [1.54, 1.807) is 0 Å². The topological polar surface area (TPSA) is 49.7 Å². The molecule has 23 heavy (non-hydrogen) atoms. The molecule has 0 spiro atoms. The van der Waals surface area contributed by atoms with Gasteiger partial charge in [-0.05, 0) is 50.4 Å². The molecule has 0 saturated heterocycles. The van der Waals surface area contributed by atoms with Crippen molar-refractivity contribution in [2.45, 2.75) is 78.6 Å². The van der Waals surface area contributed by atoms with Crippen molar-refractivity contribution < 1.29 is 14.9 Å². The molecule has 0 aromatic heterocycles. The number of rotatable bonds is 16. The van der Waals surface area contributed by atoms with Crippen molar-refractivity contribution in [2.24, 2.45) is 10.8 Å². The number of aliphatic hydroxyl groups excluding tert-OH is 2. The summed E-state index contributed by atoms with van der Waals surface area (Å²) in [5, 5.41) is 19.0. The molecule has 138 valence electrons. The molecule has 1 atom stereocenters. The van der Waals surface area contributed by atoms with Crippen molar-refractivity contribution in [2.75, 3.05) is 26.4 Å². The molecule has 3 nitrogen and oxygen atoms in total. The van der Waals surface area contributed by atoms with E-state index in [9.17, 15) is 10.2 Å². The molecule has 0 bridgehead atoms. The first-order chi connectivity index (χ1) is 11.1. The van der Waals surface area contributed by atoms with Crippen LogP contribution >= 0.6 is 0 Å². The maximum Gasteiger partial charge on any atom is 0.0521 e. The molecule has 0 heterocycles. The van der Waals surface area contributed by atoms with E-state index in [1.165, 1.54) is 0 Å². The third-order valence-corrected chi connectivity index (χ3v) is 5.75. The van der Waals surface area contributed by atoms with E-state index in [4.69, 9.17) is 4.74 Å². The summed E-state index contributed by atoms with van der Waals surface area (Å²) >= 11 is 0. The van der Waals surface area contributed by atoms with Crippen LogP contribution in [0.25, 0.3) is 0 Å². The summed E-state index contributed by atoms with van der Waals surface area (Å²) in [6, 6.07) is 0. The lowest BCUT2D eigenvalue weighted by Crippen LogP contribution is -2.23. The lowest BCUT2D eigenvalue weighted by Gasteiger charge is -2.29. The fourth-order valence-electron chi connectivity index (χ4n) is 3.07. The normalized spacial score (nSPS) is 14.7. The van der Waals surface area contributed by atoms with Gasteiger partial charge in [0.15, 0.2) is 0 Å². The smallest absolute Gasteiger partial charge is 0.0521 e. The van der Waals surface area contributed by atoms with Gasteiger partial charge in [0, 0.05) is 25.2 Å². The summed E-state index contributed by atoms with van der Waals surface area (Å²) in [5.41, 5.74) is 0.0202. The van der Waals surface area contributed by atoms with Gasteiger partial charge in [-0.1, -0.05) is 39.7 Å². The van der Waals surface area contributed by atoms with Crippen LogP contribution in [0.4, 0.5) is 0 Å². The van der Waals surface area contributed by atoms with Gasteiger partial charge in [-0.25, -0.2) is 0 Å². The highest BCUT2D eigenvalue weighted by Gasteiger charge is 2.24. The number of aliphatic hydroxyl groups is 2. The van der Waals surface area contributed by atoms with E-state index in [0.717, 1.165) is 71.0 Å². The van der Waals surface area contributed by atoms with Gasteiger partial charge in [-0.3, -0.25) is 0 Å². The van der Waals surface area contributed by atoms with Gasteiger partial charge in [0.05, 0.1) is 6.61 Å². The summed E-state index contributed by atoms with van der Waals surface area (Å²) < 4.78 is 5.71. The molecule has 0 fully saturated rings. The fourth-order valence-corrected chi connectivity index (χ4v) is 3.07. The minimum atomic E-state index is -0.103. The Labute approximate surface area is 144 Å². The minimum Gasteiger partial charge on any atom is -0.396 e. The first-order valence-corrected chi connectivity index (χ1v) is 9.50. The molecule has 0 aromatic rings. The zero-order valence-corrected chi connectivity index (χ0v) is 15.8. The van der Waals surface area contributed by atoms with Gasteiger partial charge in [0.2, 0.25) is 0 Å². The molecule has 0 rings (SSSR count). The highest BCUT2D eigenvalue weighted by Crippen LogP contribution is 2.32. The van der Waals surface area contributed by atoms with E-state index < -0.39 is 0 Å². The average molecular weight is 329 g/mol. The molecule has 0 aromatic carbocycles. The second-order valence-corrected chi connectivity index (χ2v) is 6.97. The lowest BCUT2D eigenvalue weighted by molar-refractivity contribution is 0.0897. The zero-order valence-electron chi connectivity index (χ0n) is 15.8. The fraction of sp³-hybridized carbons (Fsp3) is 0.900. The SMILES string of the molecule is C=CC(CC)(CO)CCCCOCCCCC(CC)(CC)CO. The van der Waals surface area contributed by atoms with Crippen LogP contribution in [0.3, 0.4) is 0 Å². The molecular weight excluding hydrogens is 288 g/mol. The summed E-state index contributed by atoms with van der Waals surface area (Å²) in [7, 11) is 0. The van der Waals surface area contributed by atoms with Gasteiger partial charge in [-0.2, -0.15) is 0 Å². The third-order valence-electron chi connectivity index (χ3n) is 5.75. The van der Waals surface area contributed by atoms with Gasteiger partial charge < -0.3 is 14.9 Å². The number of hydrogen-bond acceptors (Lipinski definition) is 3. The second kappa shape index (κ2) is 13.0. The van der Waals surface area contributed by atoms with E-state index in [-0.39, 0.29) is 17.4 Å². The molecule has 0 aliphatic rings. The summed E-state index contributed by atoms with van der Waals surface area (Å²) in [5.74, 6) is 0. The molecule has 2 N–H and O–H groups in total. The van der Waals surface area contributed by atoms with Crippen LogP contribution in [0.1, 0.15) is 78.6 Å². The molecule has 0 radical (unpaired) electrons. The summed E-state index contributed by atoms with van der Waals surface area (Å²) in [6.07, 6.45) is 11.3. The Hall–Kier alpha value is -0.380. The predicted octanol–water partition coefficient (Wildman–Crippen LogP) is 4.72. The van der Waals surface area contributed by atoms with Crippen molar-refractivity contribution >= 4 is 0 Å². The molecule has 1 unspecified atom stereocenters. The maximum atomic E-state index is 9.55. The summed E-state index contributed by atoms with van der Waals surface area (Å²) in [4.78, 5) is 0. The highest BCUT2D eigenvalue weighted by atomic mass is 16.5. The van der Waals surface area contributed by atoms with Crippen LogP contribution in [-0.4, -0.2) is 36.6 Å². The molecule has 0 aliphatic carbocycles. The van der Waals surface area contributed by atoms with E-state index in [2.05, 4.69) is 27.4 Å². The van der Waals surface area contributed by atoms with Crippen LogP contribution in [-0.2, 0) is 4.74 Å². The van der Waals surface area contributed by atoms with Gasteiger partial charge in [0.25, 0.3) is 0 Å². The minimum absolute atomic E-state index is 0.103. The molecule has 0 saturated carbocycles.